The average Bonchev–Trinajstić information content (AvgIpc) is 2.47. The number of aromatic hydroxyl groups is 3. The summed E-state index contributed by atoms with van der Waals surface area (Å²) in [5.41, 5.74) is 1.74. The van der Waals surface area contributed by atoms with Gasteiger partial charge >= 0.3 is 0 Å². The molecule has 0 amide bonds. The number of hydrogen-bond acceptors (Lipinski definition) is 5. The Kier molecular flexibility index (Phi) is 4.42. The van der Waals surface area contributed by atoms with Crippen molar-refractivity contribution in [2.24, 2.45) is 0 Å². The van der Waals surface area contributed by atoms with E-state index >= 15 is 0 Å². The fourth-order valence-electron chi connectivity index (χ4n) is 2.14. The van der Waals surface area contributed by atoms with Crippen LogP contribution in [0.4, 0.5) is 0 Å². The number of rotatable bonds is 5. The lowest BCUT2D eigenvalue weighted by molar-refractivity contribution is 0.350. The van der Waals surface area contributed by atoms with Gasteiger partial charge in [-0.2, -0.15) is 0 Å². The molecule has 5 nitrogen and oxygen atoms in total. The lowest BCUT2D eigenvalue weighted by Gasteiger charge is -2.10. The Hall–Kier alpha value is -2.56. The summed E-state index contributed by atoms with van der Waals surface area (Å²) in [7, 11) is 2.97. The summed E-state index contributed by atoms with van der Waals surface area (Å²) in [5.74, 6) is 0.503. The molecule has 0 unspecified atom stereocenters. The zero-order valence-corrected chi connectivity index (χ0v) is 12.0. The van der Waals surface area contributed by atoms with Crippen LogP contribution in [0.5, 0.6) is 28.7 Å². The van der Waals surface area contributed by atoms with Gasteiger partial charge in [-0.3, -0.25) is 0 Å². The van der Waals surface area contributed by atoms with Crippen LogP contribution in [0.2, 0.25) is 0 Å². The third-order valence-electron chi connectivity index (χ3n) is 3.22. The van der Waals surface area contributed by atoms with Crippen molar-refractivity contribution in [3.63, 3.8) is 0 Å². The van der Waals surface area contributed by atoms with Crippen molar-refractivity contribution in [3.05, 3.63) is 41.5 Å². The molecule has 0 heterocycles. The van der Waals surface area contributed by atoms with Gasteiger partial charge in [0.2, 0.25) is 5.75 Å². The van der Waals surface area contributed by atoms with Crippen LogP contribution in [0.15, 0.2) is 30.3 Å². The van der Waals surface area contributed by atoms with Crippen LogP contribution in [0, 0.1) is 0 Å². The predicted molar refractivity (Wildman–Crippen MR) is 78.4 cm³/mol. The summed E-state index contributed by atoms with van der Waals surface area (Å²) in [5, 5.41) is 28.8. The smallest absolute Gasteiger partial charge is 0.200 e. The summed E-state index contributed by atoms with van der Waals surface area (Å²) in [6, 6.07) is 8.23. The van der Waals surface area contributed by atoms with Crippen molar-refractivity contribution >= 4 is 0 Å². The van der Waals surface area contributed by atoms with E-state index < -0.39 is 0 Å². The van der Waals surface area contributed by atoms with Gasteiger partial charge in [-0.05, 0) is 48.2 Å². The molecule has 0 bridgehead atoms. The highest BCUT2D eigenvalue weighted by molar-refractivity contribution is 5.52. The molecule has 0 spiro atoms. The van der Waals surface area contributed by atoms with Gasteiger partial charge in [0.15, 0.2) is 11.5 Å². The van der Waals surface area contributed by atoms with E-state index in [0.717, 1.165) is 11.1 Å². The molecule has 5 heteroatoms. The van der Waals surface area contributed by atoms with Crippen LogP contribution >= 0.6 is 0 Å². The molecule has 0 saturated heterocycles. The first kappa shape index (κ1) is 14.8. The Bertz CT molecular complexity index is 637. The van der Waals surface area contributed by atoms with E-state index in [1.807, 2.05) is 6.07 Å². The zero-order valence-electron chi connectivity index (χ0n) is 12.0. The van der Waals surface area contributed by atoms with E-state index in [2.05, 4.69) is 0 Å². The van der Waals surface area contributed by atoms with Gasteiger partial charge in [0.25, 0.3) is 0 Å². The first-order valence-electron chi connectivity index (χ1n) is 6.49. The van der Waals surface area contributed by atoms with Gasteiger partial charge in [-0.25, -0.2) is 0 Å². The molecule has 0 aliphatic carbocycles. The third kappa shape index (κ3) is 3.51. The van der Waals surface area contributed by atoms with Crippen LogP contribution in [-0.2, 0) is 12.8 Å². The lowest BCUT2D eigenvalue weighted by Crippen LogP contribution is -1.94. The Labute approximate surface area is 123 Å². The summed E-state index contributed by atoms with van der Waals surface area (Å²) in [6.45, 7) is 0. The average molecular weight is 290 g/mol. The van der Waals surface area contributed by atoms with Crippen molar-refractivity contribution in [1.29, 1.82) is 0 Å². The molecule has 2 aromatic rings. The minimum Gasteiger partial charge on any atom is -0.508 e. The van der Waals surface area contributed by atoms with E-state index in [1.54, 1.807) is 25.3 Å². The fourth-order valence-corrected chi connectivity index (χ4v) is 2.14. The fraction of sp³-hybridized carbons (Fsp3) is 0.250. The molecule has 2 rings (SSSR count). The maximum Gasteiger partial charge on any atom is 0.200 e. The molecular formula is C16H18O5. The highest BCUT2D eigenvalue weighted by atomic mass is 16.5. The van der Waals surface area contributed by atoms with Crippen molar-refractivity contribution in [3.8, 4) is 28.7 Å². The third-order valence-corrected chi connectivity index (χ3v) is 3.22. The van der Waals surface area contributed by atoms with Gasteiger partial charge in [-0.15, -0.1) is 0 Å². The molecule has 112 valence electrons. The molecular weight excluding hydrogens is 272 g/mol. The Morgan fingerprint density at radius 3 is 2.10 bits per heavy atom. The molecule has 3 N–H and O–H groups in total. The summed E-state index contributed by atoms with van der Waals surface area (Å²) < 4.78 is 10.1. The van der Waals surface area contributed by atoms with Crippen molar-refractivity contribution in [2.75, 3.05) is 14.2 Å². The predicted octanol–water partition coefficient (Wildman–Crippen LogP) is 2.61. The maximum absolute atomic E-state index is 9.65. The molecule has 0 radical (unpaired) electrons. The Morgan fingerprint density at radius 2 is 1.48 bits per heavy atom. The first-order valence-corrected chi connectivity index (χ1v) is 6.49. The topological polar surface area (TPSA) is 79.2 Å². The van der Waals surface area contributed by atoms with Crippen molar-refractivity contribution in [2.45, 2.75) is 12.8 Å². The van der Waals surface area contributed by atoms with Crippen molar-refractivity contribution < 1.29 is 24.8 Å². The summed E-state index contributed by atoms with van der Waals surface area (Å²) >= 11 is 0. The molecule has 0 fully saturated rings. The lowest BCUT2D eigenvalue weighted by atomic mass is 10.0. The van der Waals surface area contributed by atoms with E-state index in [4.69, 9.17) is 9.47 Å². The van der Waals surface area contributed by atoms with Gasteiger partial charge in [-0.1, -0.05) is 0 Å². The summed E-state index contributed by atoms with van der Waals surface area (Å²) in [6.07, 6.45) is 1.27. The SMILES string of the molecule is COc1cc(O)cc(CCc2cc(O)c(O)c(OC)c2)c1. The highest BCUT2D eigenvalue weighted by Gasteiger charge is 2.10. The van der Waals surface area contributed by atoms with Gasteiger partial charge in [0.1, 0.15) is 11.5 Å². The van der Waals surface area contributed by atoms with Crippen LogP contribution < -0.4 is 9.47 Å². The molecule has 0 atom stereocenters. The monoisotopic (exact) mass is 290 g/mol. The second kappa shape index (κ2) is 6.26. The van der Waals surface area contributed by atoms with Gasteiger partial charge in [0.05, 0.1) is 14.2 Å². The quantitative estimate of drug-likeness (QED) is 0.738. The molecule has 0 saturated carbocycles. The van der Waals surface area contributed by atoms with E-state index in [0.29, 0.717) is 18.6 Å². The Balaban J connectivity index is 2.16. The van der Waals surface area contributed by atoms with E-state index in [9.17, 15) is 15.3 Å². The number of benzene rings is 2. The van der Waals surface area contributed by atoms with Crippen LogP contribution in [0.1, 0.15) is 11.1 Å². The minimum absolute atomic E-state index is 0.149. The minimum atomic E-state index is -0.264. The van der Waals surface area contributed by atoms with Gasteiger partial charge in [0, 0.05) is 6.07 Å². The number of phenolic OH excluding ortho intramolecular Hbond substituents is 3. The van der Waals surface area contributed by atoms with Crippen LogP contribution in [-0.4, -0.2) is 29.5 Å². The largest absolute Gasteiger partial charge is 0.508 e. The normalized spacial score (nSPS) is 10.4. The molecule has 21 heavy (non-hydrogen) atoms. The number of hydrogen-bond donors (Lipinski definition) is 3. The van der Waals surface area contributed by atoms with E-state index in [-0.39, 0.29) is 23.0 Å². The van der Waals surface area contributed by atoms with Crippen LogP contribution in [0.25, 0.3) is 0 Å². The molecule has 2 aromatic carbocycles. The number of methoxy groups -OCH3 is 2. The molecule has 0 aliphatic rings. The second-order valence-electron chi connectivity index (χ2n) is 4.71. The van der Waals surface area contributed by atoms with Gasteiger partial charge < -0.3 is 24.8 Å². The van der Waals surface area contributed by atoms with E-state index in [1.165, 1.54) is 13.2 Å². The first-order chi connectivity index (χ1) is 10.0. The zero-order chi connectivity index (χ0) is 15.4. The summed E-state index contributed by atoms with van der Waals surface area (Å²) in [4.78, 5) is 0. The number of ether oxygens (including phenoxy) is 2. The molecule has 0 aromatic heterocycles. The highest BCUT2D eigenvalue weighted by Crippen LogP contribution is 2.36. The standard InChI is InChI=1S/C16H18O5/c1-20-13-6-10(5-12(17)9-13)3-4-11-7-14(18)16(19)15(8-11)21-2/h5-9,17-19H,3-4H2,1-2H3. The second-order valence-corrected chi connectivity index (χ2v) is 4.71. The molecule has 0 aliphatic heterocycles. The maximum atomic E-state index is 9.65. The van der Waals surface area contributed by atoms with Crippen molar-refractivity contribution in [1.82, 2.24) is 0 Å². The number of aryl methyl sites for hydroxylation is 2. The Morgan fingerprint density at radius 1 is 0.810 bits per heavy atom. The number of phenols is 3. The van der Waals surface area contributed by atoms with Crippen LogP contribution in [0.3, 0.4) is 0 Å².